The van der Waals surface area contributed by atoms with Crippen molar-refractivity contribution in [1.29, 1.82) is 0 Å². The van der Waals surface area contributed by atoms with Crippen LogP contribution in [0.3, 0.4) is 0 Å². The summed E-state index contributed by atoms with van der Waals surface area (Å²) in [6.45, 7) is 0.444. The Balaban J connectivity index is 2.08. The number of hydrogen-bond donors (Lipinski definition) is 2. The zero-order chi connectivity index (χ0) is 14.5. The Morgan fingerprint density at radius 3 is 2.55 bits per heavy atom. The fraction of sp³-hybridized carbons (Fsp3) is 0.133. The van der Waals surface area contributed by atoms with Gasteiger partial charge in [-0.05, 0) is 29.8 Å². The number of carboxylic acids is 1. The summed E-state index contributed by atoms with van der Waals surface area (Å²) in [5, 5.41) is 11.9. The molecule has 0 heterocycles. The third-order valence-electron chi connectivity index (χ3n) is 2.85. The Kier molecular flexibility index (Phi) is 4.20. The Morgan fingerprint density at radius 1 is 1.25 bits per heavy atom. The van der Waals surface area contributed by atoms with Gasteiger partial charge < -0.3 is 15.2 Å². The van der Waals surface area contributed by atoms with Gasteiger partial charge in [0, 0.05) is 12.6 Å². The highest BCUT2D eigenvalue weighted by molar-refractivity contribution is 5.87. The van der Waals surface area contributed by atoms with Crippen molar-refractivity contribution in [3.05, 3.63) is 59.4 Å². The quantitative estimate of drug-likeness (QED) is 0.880. The van der Waals surface area contributed by atoms with E-state index in [1.807, 2.05) is 0 Å². The fourth-order valence-electron chi connectivity index (χ4n) is 1.78. The second kappa shape index (κ2) is 6.06. The predicted molar refractivity (Wildman–Crippen MR) is 73.7 cm³/mol. The molecule has 0 bridgehead atoms. The lowest BCUT2D eigenvalue weighted by Gasteiger charge is -2.11. The number of benzene rings is 2. The molecular weight excluding hydrogens is 261 g/mol. The maximum atomic E-state index is 13.2. The van der Waals surface area contributed by atoms with Crippen molar-refractivity contribution in [3.63, 3.8) is 0 Å². The molecule has 0 aliphatic carbocycles. The van der Waals surface area contributed by atoms with Gasteiger partial charge in [-0.1, -0.05) is 12.1 Å². The summed E-state index contributed by atoms with van der Waals surface area (Å²) in [6.07, 6.45) is 0. The molecule has 0 saturated carbocycles. The summed E-state index contributed by atoms with van der Waals surface area (Å²) in [6, 6.07) is 10.7. The second-order valence-corrected chi connectivity index (χ2v) is 4.20. The van der Waals surface area contributed by atoms with Crippen LogP contribution in [0.15, 0.2) is 42.5 Å². The smallest absolute Gasteiger partial charge is 0.335 e. The van der Waals surface area contributed by atoms with Crippen LogP contribution in [-0.2, 0) is 6.54 Å². The van der Waals surface area contributed by atoms with Crippen LogP contribution in [0.5, 0.6) is 5.75 Å². The van der Waals surface area contributed by atoms with E-state index in [2.05, 4.69) is 5.32 Å². The zero-order valence-electron chi connectivity index (χ0n) is 10.9. The maximum absolute atomic E-state index is 13.2. The molecule has 0 aliphatic rings. The topological polar surface area (TPSA) is 58.6 Å². The largest absolute Gasteiger partial charge is 0.495 e. The van der Waals surface area contributed by atoms with Gasteiger partial charge in [0.2, 0.25) is 0 Å². The van der Waals surface area contributed by atoms with Crippen LogP contribution in [0.1, 0.15) is 15.9 Å². The molecule has 2 aromatic carbocycles. The summed E-state index contributed by atoms with van der Waals surface area (Å²) in [5.41, 5.74) is 1.67. The predicted octanol–water partition coefficient (Wildman–Crippen LogP) is 3.14. The first-order valence-corrected chi connectivity index (χ1v) is 6.00. The molecule has 0 unspecified atom stereocenters. The van der Waals surface area contributed by atoms with Crippen molar-refractivity contribution >= 4 is 11.7 Å². The minimum atomic E-state index is -0.962. The Labute approximate surface area is 115 Å². The van der Waals surface area contributed by atoms with Crippen molar-refractivity contribution < 1.29 is 19.0 Å². The average Bonchev–Trinajstić information content (AvgIpc) is 2.45. The molecule has 2 N–H and O–H groups in total. The zero-order valence-corrected chi connectivity index (χ0v) is 10.9. The number of methoxy groups -OCH3 is 1. The first-order valence-electron chi connectivity index (χ1n) is 6.00. The van der Waals surface area contributed by atoms with E-state index in [1.54, 1.807) is 18.2 Å². The standard InChI is InChI=1S/C15H14FNO3/c1-20-14-7-6-12(16)8-13(14)17-9-10-2-4-11(5-3-10)15(18)19/h2-8,17H,9H2,1H3,(H,18,19). The van der Waals surface area contributed by atoms with Crippen molar-refractivity contribution in [1.82, 2.24) is 0 Å². The number of ether oxygens (including phenoxy) is 1. The normalized spacial score (nSPS) is 10.1. The number of hydrogen-bond acceptors (Lipinski definition) is 3. The van der Waals surface area contributed by atoms with E-state index in [0.717, 1.165) is 5.56 Å². The van der Waals surface area contributed by atoms with Crippen molar-refractivity contribution in [3.8, 4) is 5.75 Å². The molecule has 2 aromatic rings. The fourth-order valence-corrected chi connectivity index (χ4v) is 1.78. The first kappa shape index (κ1) is 13.9. The highest BCUT2D eigenvalue weighted by atomic mass is 19.1. The van der Waals surface area contributed by atoms with Gasteiger partial charge in [0.25, 0.3) is 0 Å². The van der Waals surface area contributed by atoms with Crippen molar-refractivity contribution in [2.45, 2.75) is 6.54 Å². The summed E-state index contributed by atoms with van der Waals surface area (Å²) >= 11 is 0. The molecule has 0 aliphatic heterocycles. The van der Waals surface area contributed by atoms with Gasteiger partial charge in [-0.25, -0.2) is 9.18 Å². The molecule has 0 atom stereocenters. The van der Waals surface area contributed by atoms with E-state index < -0.39 is 5.97 Å². The number of nitrogens with one attached hydrogen (secondary N) is 1. The molecule has 0 fully saturated rings. The van der Waals surface area contributed by atoms with E-state index >= 15 is 0 Å². The Hall–Kier alpha value is -2.56. The summed E-state index contributed by atoms with van der Waals surface area (Å²) in [5.74, 6) is -0.764. The van der Waals surface area contributed by atoms with Crippen LogP contribution in [0.2, 0.25) is 0 Å². The highest BCUT2D eigenvalue weighted by Gasteiger charge is 2.05. The SMILES string of the molecule is COc1ccc(F)cc1NCc1ccc(C(=O)O)cc1. The number of carboxylic acid groups (broad SMARTS) is 1. The number of aromatic carboxylic acids is 1. The van der Waals surface area contributed by atoms with Gasteiger partial charge in [-0.2, -0.15) is 0 Å². The number of anilines is 1. The lowest BCUT2D eigenvalue weighted by Crippen LogP contribution is -2.03. The average molecular weight is 275 g/mol. The van der Waals surface area contributed by atoms with Gasteiger partial charge in [-0.3, -0.25) is 0 Å². The molecule has 20 heavy (non-hydrogen) atoms. The third-order valence-corrected chi connectivity index (χ3v) is 2.85. The summed E-state index contributed by atoms with van der Waals surface area (Å²) < 4.78 is 18.3. The molecule has 2 rings (SSSR count). The minimum absolute atomic E-state index is 0.233. The van der Waals surface area contributed by atoms with E-state index in [1.165, 1.54) is 31.4 Å². The number of halogens is 1. The molecular formula is C15H14FNO3. The van der Waals surface area contributed by atoms with E-state index in [4.69, 9.17) is 9.84 Å². The van der Waals surface area contributed by atoms with Crippen LogP contribution in [0.25, 0.3) is 0 Å². The maximum Gasteiger partial charge on any atom is 0.335 e. The van der Waals surface area contributed by atoms with Gasteiger partial charge in [0.05, 0.1) is 18.4 Å². The minimum Gasteiger partial charge on any atom is -0.495 e. The molecule has 0 radical (unpaired) electrons. The van der Waals surface area contributed by atoms with Crippen LogP contribution >= 0.6 is 0 Å². The number of carbonyl (C=O) groups is 1. The van der Waals surface area contributed by atoms with Crippen LogP contribution in [0.4, 0.5) is 10.1 Å². The molecule has 5 heteroatoms. The van der Waals surface area contributed by atoms with Gasteiger partial charge in [0.15, 0.2) is 0 Å². The lowest BCUT2D eigenvalue weighted by molar-refractivity contribution is 0.0697. The summed E-state index contributed by atoms with van der Waals surface area (Å²) in [7, 11) is 1.51. The second-order valence-electron chi connectivity index (χ2n) is 4.20. The molecule has 0 aromatic heterocycles. The molecule has 104 valence electrons. The highest BCUT2D eigenvalue weighted by Crippen LogP contribution is 2.25. The van der Waals surface area contributed by atoms with Crippen molar-refractivity contribution in [2.75, 3.05) is 12.4 Å². The van der Waals surface area contributed by atoms with Crippen LogP contribution in [-0.4, -0.2) is 18.2 Å². The molecule has 0 saturated heterocycles. The van der Waals surface area contributed by atoms with Crippen LogP contribution in [0, 0.1) is 5.82 Å². The van der Waals surface area contributed by atoms with Gasteiger partial charge in [-0.15, -0.1) is 0 Å². The van der Waals surface area contributed by atoms with Gasteiger partial charge in [0.1, 0.15) is 11.6 Å². The molecule has 0 spiro atoms. The van der Waals surface area contributed by atoms with E-state index in [9.17, 15) is 9.18 Å². The monoisotopic (exact) mass is 275 g/mol. The van der Waals surface area contributed by atoms with Crippen molar-refractivity contribution in [2.24, 2.45) is 0 Å². The molecule has 4 nitrogen and oxygen atoms in total. The Morgan fingerprint density at radius 2 is 1.95 bits per heavy atom. The third kappa shape index (κ3) is 3.26. The van der Waals surface area contributed by atoms with E-state index in [0.29, 0.717) is 18.0 Å². The lowest BCUT2D eigenvalue weighted by atomic mass is 10.1. The number of rotatable bonds is 5. The van der Waals surface area contributed by atoms with Crippen LogP contribution < -0.4 is 10.1 Å². The summed E-state index contributed by atoms with van der Waals surface area (Å²) in [4.78, 5) is 10.7. The Bertz CT molecular complexity index is 611. The van der Waals surface area contributed by atoms with Gasteiger partial charge >= 0.3 is 5.97 Å². The molecule has 0 amide bonds. The first-order chi connectivity index (χ1) is 9.60. The van der Waals surface area contributed by atoms with E-state index in [-0.39, 0.29) is 11.4 Å².